The van der Waals surface area contributed by atoms with Gasteiger partial charge in [0, 0.05) is 18.1 Å². The van der Waals surface area contributed by atoms with Gasteiger partial charge in [0.05, 0.1) is 0 Å². The predicted molar refractivity (Wildman–Crippen MR) is 73.0 cm³/mol. The van der Waals surface area contributed by atoms with Crippen LogP contribution in [-0.2, 0) is 0 Å². The Balaban J connectivity index is 1.90. The Kier molecular flexibility index (Phi) is 4.19. The first-order valence-electron chi connectivity index (χ1n) is 6.73. The third kappa shape index (κ3) is 3.55. The number of hydrogen-bond donors (Lipinski definition) is 2. The van der Waals surface area contributed by atoms with Crippen LogP contribution in [-0.4, -0.2) is 12.1 Å². The van der Waals surface area contributed by atoms with Crippen LogP contribution in [0.4, 0.5) is 0 Å². The fourth-order valence-electron chi connectivity index (χ4n) is 2.68. The van der Waals surface area contributed by atoms with Crippen LogP contribution < -0.4 is 11.1 Å². The van der Waals surface area contributed by atoms with Crippen molar-refractivity contribution in [2.24, 2.45) is 5.73 Å². The molecule has 2 heteroatoms. The molecule has 1 atom stereocenters. The van der Waals surface area contributed by atoms with Gasteiger partial charge in [-0.1, -0.05) is 29.8 Å². The smallest absolute Gasteiger partial charge is 0.0294 e. The van der Waals surface area contributed by atoms with Crippen LogP contribution in [0.25, 0.3) is 0 Å². The fourth-order valence-corrected chi connectivity index (χ4v) is 2.68. The van der Waals surface area contributed by atoms with Crippen molar-refractivity contribution >= 4 is 0 Å². The van der Waals surface area contributed by atoms with Crippen molar-refractivity contribution in [1.82, 2.24) is 5.32 Å². The van der Waals surface area contributed by atoms with Crippen molar-refractivity contribution < 1.29 is 0 Å². The molecule has 3 N–H and O–H groups in total. The number of nitrogens with one attached hydrogen (secondary N) is 1. The van der Waals surface area contributed by atoms with Gasteiger partial charge in [0.25, 0.3) is 0 Å². The monoisotopic (exact) mass is 232 g/mol. The first kappa shape index (κ1) is 12.6. The summed E-state index contributed by atoms with van der Waals surface area (Å²) in [5.41, 5.74) is 8.65. The molecule has 0 heterocycles. The zero-order valence-electron chi connectivity index (χ0n) is 10.9. The first-order valence-corrected chi connectivity index (χ1v) is 6.73. The lowest BCUT2D eigenvalue weighted by atomic mass is 9.91. The van der Waals surface area contributed by atoms with Gasteiger partial charge in [-0.3, -0.25) is 0 Å². The summed E-state index contributed by atoms with van der Waals surface area (Å²) in [5.74, 6) is 0. The average Bonchev–Trinajstić information content (AvgIpc) is 2.32. The highest BCUT2D eigenvalue weighted by molar-refractivity contribution is 5.24. The largest absolute Gasteiger partial charge is 0.328 e. The summed E-state index contributed by atoms with van der Waals surface area (Å²) >= 11 is 0. The van der Waals surface area contributed by atoms with Gasteiger partial charge in [-0.15, -0.1) is 0 Å². The van der Waals surface area contributed by atoms with Gasteiger partial charge >= 0.3 is 0 Å². The van der Waals surface area contributed by atoms with Gasteiger partial charge in [0.2, 0.25) is 0 Å². The summed E-state index contributed by atoms with van der Waals surface area (Å²) in [4.78, 5) is 0. The average molecular weight is 232 g/mol. The van der Waals surface area contributed by atoms with Gasteiger partial charge in [0.15, 0.2) is 0 Å². The maximum Gasteiger partial charge on any atom is 0.0294 e. The Morgan fingerprint density at radius 3 is 2.59 bits per heavy atom. The van der Waals surface area contributed by atoms with E-state index in [1.807, 2.05) is 0 Å². The molecular formula is C15H24N2. The minimum atomic E-state index is 0.433. The number of nitrogens with two attached hydrogens (primary N) is 1. The molecule has 1 aromatic carbocycles. The standard InChI is InChI=1S/C15H24N2/c1-11-4-3-5-13(10-11)12(2)17-15-8-6-14(16)7-9-15/h3-5,10,12,14-15,17H,6-9,16H2,1-2H3/t12-,14?,15?/m1/s1. The van der Waals surface area contributed by atoms with E-state index in [4.69, 9.17) is 5.73 Å². The van der Waals surface area contributed by atoms with Gasteiger partial charge in [0.1, 0.15) is 0 Å². The van der Waals surface area contributed by atoms with Crippen LogP contribution in [0.3, 0.4) is 0 Å². The second-order valence-corrected chi connectivity index (χ2v) is 5.41. The Morgan fingerprint density at radius 1 is 1.24 bits per heavy atom. The highest BCUT2D eigenvalue weighted by atomic mass is 14.9. The molecule has 0 bridgehead atoms. The molecule has 1 aliphatic rings. The molecule has 0 saturated heterocycles. The summed E-state index contributed by atoms with van der Waals surface area (Å²) < 4.78 is 0. The van der Waals surface area contributed by atoms with Gasteiger partial charge in [-0.05, 0) is 45.1 Å². The van der Waals surface area contributed by atoms with E-state index in [0.717, 1.165) is 12.8 Å². The Labute approximate surface area is 105 Å². The molecule has 1 aliphatic carbocycles. The van der Waals surface area contributed by atoms with E-state index in [1.54, 1.807) is 0 Å². The lowest BCUT2D eigenvalue weighted by Gasteiger charge is -2.29. The Bertz CT molecular complexity index is 354. The molecule has 2 rings (SSSR count). The second-order valence-electron chi connectivity index (χ2n) is 5.41. The third-order valence-corrected chi connectivity index (χ3v) is 3.80. The van der Waals surface area contributed by atoms with Crippen LogP contribution in [0.2, 0.25) is 0 Å². The molecule has 0 aliphatic heterocycles. The lowest BCUT2D eigenvalue weighted by molar-refractivity contribution is 0.322. The Morgan fingerprint density at radius 2 is 1.94 bits per heavy atom. The molecule has 1 saturated carbocycles. The minimum absolute atomic E-state index is 0.433. The van der Waals surface area contributed by atoms with Gasteiger partial charge in [-0.25, -0.2) is 0 Å². The van der Waals surface area contributed by atoms with Crippen molar-refractivity contribution in [3.05, 3.63) is 35.4 Å². The van der Waals surface area contributed by atoms with Crippen LogP contribution in [0.1, 0.15) is 49.8 Å². The molecule has 0 unspecified atom stereocenters. The number of hydrogen-bond acceptors (Lipinski definition) is 2. The first-order chi connectivity index (χ1) is 8.15. The molecule has 94 valence electrons. The lowest BCUT2D eigenvalue weighted by Crippen LogP contribution is -2.38. The van der Waals surface area contributed by atoms with Crippen LogP contribution in [0.15, 0.2) is 24.3 Å². The normalized spacial score (nSPS) is 26.8. The van der Waals surface area contributed by atoms with E-state index in [2.05, 4.69) is 43.4 Å². The van der Waals surface area contributed by atoms with Gasteiger partial charge in [-0.2, -0.15) is 0 Å². The van der Waals surface area contributed by atoms with E-state index in [-0.39, 0.29) is 0 Å². The predicted octanol–water partition coefficient (Wildman–Crippen LogP) is 2.92. The molecule has 0 spiro atoms. The van der Waals surface area contributed by atoms with Crippen molar-refractivity contribution in [3.63, 3.8) is 0 Å². The van der Waals surface area contributed by atoms with Gasteiger partial charge < -0.3 is 11.1 Å². The number of benzene rings is 1. The molecule has 0 aromatic heterocycles. The number of aryl methyl sites for hydroxylation is 1. The maximum absolute atomic E-state index is 5.93. The molecule has 0 amide bonds. The van der Waals surface area contributed by atoms with Crippen molar-refractivity contribution in [1.29, 1.82) is 0 Å². The second kappa shape index (κ2) is 5.65. The molecule has 0 radical (unpaired) electrons. The highest BCUT2D eigenvalue weighted by Gasteiger charge is 2.20. The fraction of sp³-hybridized carbons (Fsp3) is 0.600. The molecular weight excluding hydrogens is 208 g/mol. The topological polar surface area (TPSA) is 38.0 Å². The van der Waals surface area contributed by atoms with Crippen molar-refractivity contribution in [2.45, 2.75) is 57.7 Å². The molecule has 17 heavy (non-hydrogen) atoms. The van der Waals surface area contributed by atoms with E-state index in [9.17, 15) is 0 Å². The zero-order valence-corrected chi connectivity index (χ0v) is 10.9. The minimum Gasteiger partial charge on any atom is -0.328 e. The quantitative estimate of drug-likeness (QED) is 0.841. The van der Waals surface area contributed by atoms with Crippen molar-refractivity contribution in [2.75, 3.05) is 0 Å². The molecule has 1 fully saturated rings. The SMILES string of the molecule is Cc1cccc([C@@H](C)NC2CCC(N)CC2)c1. The maximum atomic E-state index is 5.93. The Hall–Kier alpha value is -0.860. The summed E-state index contributed by atoms with van der Waals surface area (Å²) in [6, 6.07) is 10.3. The summed E-state index contributed by atoms with van der Waals surface area (Å²) in [6.07, 6.45) is 4.77. The number of rotatable bonds is 3. The van der Waals surface area contributed by atoms with E-state index in [0.29, 0.717) is 18.1 Å². The van der Waals surface area contributed by atoms with Crippen LogP contribution >= 0.6 is 0 Å². The molecule has 1 aromatic rings. The van der Waals surface area contributed by atoms with E-state index in [1.165, 1.54) is 24.0 Å². The summed E-state index contributed by atoms with van der Waals surface area (Å²) in [5, 5.41) is 3.73. The highest BCUT2D eigenvalue weighted by Crippen LogP contribution is 2.21. The van der Waals surface area contributed by atoms with E-state index >= 15 is 0 Å². The van der Waals surface area contributed by atoms with Crippen LogP contribution in [0, 0.1) is 6.92 Å². The zero-order chi connectivity index (χ0) is 12.3. The van der Waals surface area contributed by atoms with E-state index < -0.39 is 0 Å². The third-order valence-electron chi connectivity index (χ3n) is 3.80. The van der Waals surface area contributed by atoms with Crippen LogP contribution in [0.5, 0.6) is 0 Å². The summed E-state index contributed by atoms with van der Waals surface area (Å²) in [6.45, 7) is 4.40. The molecule has 2 nitrogen and oxygen atoms in total. The summed E-state index contributed by atoms with van der Waals surface area (Å²) in [7, 11) is 0. The van der Waals surface area contributed by atoms with Crippen molar-refractivity contribution in [3.8, 4) is 0 Å².